The molecule has 0 aliphatic rings. The zero-order valence-corrected chi connectivity index (χ0v) is 16.8. The van der Waals surface area contributed by atoms with Gasteiger partial charge in [0.05, 0.1) is 11.2 Å². The molecule has 0 amide bonds. The summed E-state index contributed by atoms with van der Waals surface area (Å²) in [7, 11) is -3.66. The Kier molecular flexibility index (Phi) is 7.39. The number of nitrogens with one attached hydrogen (secondary N) is 2. The molecule has 1 unspecified atom stereocenters. The molecule has 0 heterocycles. The molecule has 0 bridgehead atoms. The summed E-state index contributed by atoms with van der Waals surface area (Å²) in [4.78, 5) is 24.8. The van der Waals surface area contributed by atoms with E-state index in [1.807, 2.05) is 6.07 Å². The summed E-state index contributed by atoms with van der Waals surface area (Å²) in [6, 6.07) is 12.8. The molecule has 2 rings (SSSR count). The zero-order valence-electron chi connectivity index (χ0n) is 16.0. The fourth-order valence-corrected chi connectivity index (χ4v) is 3.34. The summed E-state index contributed by atoms with van der Waals surface area (Å²) in [5, 5.41) is 22.6. The van der Waals surface area contributed by atoms with Gasteiger partial charge in [-0.25, -0.2) is 18.1 Å². The topological polar surface area (TPSA) is 151 Å². The molecule has 30 heavy (non-hydrogen) atoms. The molecule has 0 aromatic heterocycles. The van der Waals surface area contributed by atoms with Crippen LogP contribution in [0.5, 0.6) is 0 Å². The molecule has 0 aliphatic heterocycles. The zero-order chi connectivity index (χ0) is 22.3. The van der Waals surface area contributed by atoms with Crippen molar-refractivity contribution in [3.8, 4) is 11.1 Å². The van der Waals surface area contributed by atoms with Crippen LogP contribution in [0.25, 0.3) is 11.1 Å². The van der Waals surface area contributed by atoms with Gasteiger partial charge in [-0.1, -0.05) is 36.4 Å². The lowest BCUT2D eigenvalue weighted by molar-refractivity contribution is -0.403. The van der Waals surface area contributed by atoms with Crippen LogP contribution in [0, 0.1) is 10.1 Å². The van der Waals surface area contributed by atoms with Gasteiger partial charge in [0.2, 0.25) is 15.8 Å². The van der Waals surface area contributed by atoms with Crippen molar-refractivity contribution < 1.29 is 23.2 Å². The summed E-state index contributed by atoms with van der Waals surface area (Å²) in [6.07, 6.45) is 1.60. The third-order valence-corrected chi connectivity index (χ3v) is 4.63. The minimum absolute atomic E-state index is 0.00872. The van der Waals surface area contributed by atoms with Crippen molar-refractivity contribution in [1.82, 2.24) is 4.72 Å². The number of sulfonamides is 1. The number of aliphatic imine (C=N–C) groups is 1. The number of carbonyl (C=O) groups is 1. The van der Waals surface area contributed by atoms with E-state index < -0.39 is 27.0 Å². The fourth-order valence-electron chi connectivity index (χ4n) is 2.64. The molecule has 1 atom stereocenters. The van der Waals surface area contributed by atoms with Crippen molar-refractivity contribution in [1.29, 1.82) is 0 Å². The first-order valence-corrected chi connectivity index (χ1v) is 10.4. The molecule has 2 aromatic rings. The van der Waals surface area contributed by atoms with Crippen LogP contribution in [-0.4, -0.2) is 43.4 Å². The number of hydrogen-bond donors (Lipinski definition) is 3. The Morgan fingerprint density at radius 1 is 1.27 bits per heavy atom. The predicted octanol–water partition coefficient (Wildman–Crippen LogP) is 2.09. The Morgan fingerprint density at radius 2 is 1.93 bits per heavy atom. The number of carboxylic acids is 1. The van der Waals surface area contributed by atoms with Crippen molar-refractivity contribution >= 4 is 28.4 Å². The van der Waals surface area contributed by atoms with E-state index in [2.05, 4.69) is 21.7 Å². The van der Waals surface area contributed by atoms with E-state index in [0.29, 0.717) is 17.5 Å². The smallest absolute Gasteiger partial charge is 0.322 e. The van der Waals surface area contributed by atoms with Crippen LogP contribution < -0.4 is 10.0 Å². The van der Waals surface area contributed by atoms with Gasteiger partial charge in [0.25, 0.3) is 6.20 Å². The Morgan fingerprint density at radius 3 is 2.47 bits per heavy atom. The van der Waals surface area contributed by atoms with Crippen molar-refractivity contribution in [2.75, 3.05) is 11.6 Å². The average Bonchev–Trinajstić information content (AvgIpc) is 2.66. The summed E-state index contributed by atoms with van der Waals surface area (Å²) in [5.74, 6) is -1.27. The number of hydrogen-bond acceptors (Lipinski definition) is 7. The molecule has 11 heteroatoms. The summed E-state index contributed by atoms with van der Waals surface area (Å²) < 4.78 is 24.8. The highest BCUT2D eigenvalue weighted by Crippen LogP contribution is 2.24. The van der Waals surface area contributed by atoms with Gasteiger partial charge in [-0.15, -0.1) is 0 Å². The number of aliphatic carboxylic acids is 1. The van der Waals surface area contributed by atoms with Crippen LogP contribution in [0.1, 0.15) is 5.56 Å². The lowest BCUT2D eigenvalue weighted by Crippen LogP contribution is -2.41. The van der Waals surface area contributed by atoms with Crippen molar-refractivity contribution in [3.63, 3.8) is 0 Å². The van der Waals surface area contributed by atoms with E-state index in [1.165, 1.54) is 0 Å². The van der Waals surface area contributed by atoms with Gasteiger partial charge in [-0.3, -0.25) is 14.9 Å². The minimum Gasteiger partial charge on any atom is -0.480 e. The largest absolute Gasteiger partial charge is 0.480 e. The van der Waals surface area contributed by atoms with E-state index in [0.717, 1.165) is 17.4 Å². The predicted molar refractivity (Wildman–Crippen MR) is 113 cm³/mol. The number of benzene rings is 2. The Bertz CT molecular complexity index is 1080. The highest BCUT2D eigenvalue weighted by atomic mass is 32.2. The number of rotatable bonds is 10. The van der Waals surface area contributed by atoms with Crippen LogP contribution in [0.3, 0.4) is 0 Å². The molecule has 158 valence electrons. The Labute approximate surface area is 173 Å². The molecule has 0 saturated heterocycles. The SMILES string of the molecule is C=N/C(=C\[N+](=O)[O-])Nc1cccc(-c2ccc(CC(NS(C)(=O)=O)C(=O)O)cc2)c1. The Balaban J connectivity index is 2.19. The second-order valence-corrected chi connectivity index (χ2v) is 8.13. The number of carboxylic acid groups (broad SMARTS) is 1. The molecule has 0 spiro atoms. The second kappa shape index (κ2) is 9.76. The van der Waals surface area contributed by atoms with Crippen LogP contribution in [0.15, 0.2) is 65.5 Å². The number of nitro groups is 1. The summed E-state index contributed by atoms with van der Waals surface area (Å²) >= 11 is 0. The lowest BCUT2D eigenvalue weighted by atomic mass is 10.0. The van der Waals surface area contributed by atoms with Crippen LogP contribution in [0.2, 0.25) is 0 Å². The van der Waals surface area contributed by atoms with Gasteiger partial charge in [0.15, 0.2) is 0 Å². The molecule has 0 aliphatic carbocycles. The standard InChI is InChI=1S/C19H20N4O6S/c1-20-18(12-23(26)27)21-16-5-3-4-15(11-16)14-8-6-13(7-9-14)10-17(19(24)25)22-30(2,28)29/h3-9,11-12,17,21-22H,1,10H2,2H3,(H,24,25)/b18-12+. The normalized spacial score (nSPS) is 12.8. The number of nitrogens with zero attached hydrogens (tertiary/aromatic N) is 2. The highest BCUT2D eigenvalue weighted by molar-refractivity contribution is 7.88. The van der Waals surface area contributed by atoms with Gasteiger partial charge < -0.3 is 10.4 Å². The van der Waals surface area contributed by atoms with Gasteiger partial charge >= 0.3 is 5.97 Å². The quantitative estimate of drug-likeness (QED) is 0.295. The molecule has 0 saturated carbocycles. The summed E-state index contributed by atoms with van der Waals surface area (Å²) in [6.45, 7) is 3.29. The maximum Gasteiger partial charge on any atom is 0.322 e. The molecule has 3 N–H and O–H groups in total. The first-order valence-electron chi connectivity index (χ1n) is 8.56. The summed E-state index contributed by atoms with van der Waals surface area (Å²) in [5.41, 5.74) is 2.83. The van der Waals surface area contributed by atoms with Crippen molar-refractivity contribution in [2.24, 2.45) is 4.99 Å². The monoisotopic (exact) mass is 432 g/mol. The average molecular weight is 432 g/mol. The molecule has 0 radical (unpaired) electrons. The molecule has 10 nitrogen and oxygen atoms in total. The third-order valence-electron chi connectivity index (χ3n) is 3.91. The minimum atomic E-state index is -3.66. The fraction of sp³-hybridized carbons (Fsp3) is 0.158. The number of anilines is 1. The second-order valence-electron chi connectivity index (χ2n) is 6.35. The Hall–Kier alpha value is -3.57. The first kappa shape index (κ1) is 22.7. The van der Waals surface area contributed by atoms with Gasteiger partial charge in [0, 0.05) is 5.69 Å². The lowest BCUT2D eigenvalue weighted by Gasteiger charge is -2.13. The van der Waals surface area contributed by atoms with E-state index >= 15 is 0 Å². The molecular weight excluding hydrogens is 412 g/mol. The molecule has 0 fully saturated rings. The molecule has 2 aromatic carbocycles. The van der Waals surface area contributed by atoms with Crippen molar-refractivity contribution in [2.45, 2.75) is 12.5 Å². The molecular formula is C19H20N4O6S. The van der Waals surface area contributed by atoms with E-state index in [-0.39, 0.29) is 12.2 Å². The third kappa shape index (κ3) is 7.11. The van der Waals surface area contributed by atoms with Crippen LogP contribution in [0.4, 0.5) is 5.69 Å². The maximum atomic E-state index is 11.3. The van der Waals surface area contributed by atoms with Crippen molar-refractivity contribution in [3.05, 3.63) is 76.2 Å². The highest BCUT2D eigenvalue weighted by Gasteiger charge is 2.21. The van der Waals surface area contributed by atoms with E-state index in [1.54, 1.807) is 42.5 Å². The van der Waals surface area contributed by atoms with Gasteiger partial charge in [0.1, 0.15) is 6.04 Å². The van der Waals surface area contributed by atoms with E-state index in [4.69, 9.17) is 0 Å². The van der Waals surface area contributed by atoms with Crippen LogP contribution in [-0.2, 0) is 21.2 Å². The van der Waals surface area contributed by atoms with Gasteiger partial charge in [-0.2, -0.15) is 0 Å². The first-order chi connectivity index (χ1) is 14.1. The maximum absolute atomic E-state index is 11.3. The van der Waals surface area contributed by atoms with E-state index in [9.17, 15) is 28.4 Å². The van der Waals surface area contributed by atoms with Crippen LogP contribution >= 0.6 is 0 Å². The van der Waals surface area contributed by atoms with Gasteiger partial charge in [-0.05, 0) is 42.0 Å².